The number of allylic oxidation sites excluding steroid dienone is 5. The minimum absolute atomic E-state index is 0.142. The molecule has 0 atom stereocenters. The molecular formula is C35H26N8O15S3. The van der Waals surface area contributed by atoms with Crippen LogP contribution in [0.5, 0.6) is 17.2 Å². The standard InChI is InChI=1S/C35H26N8O15S3/c1-58-23-9-6-21(7-10-23)38-42-34-32(61(55,56)57)13-18-12-24(59(49,50)51)15-28(33(18)35(34)46)41-40-27-16-26(29(44)17-30(27)45)39-37-20-4-2-19(3-5-20)36-25-11-8-22(43(47)48)14-31(25)60(52,53)54/h2-17,38-39,44-45H,1H3,(H,49,50,51)(H,52,53,54)(H,55,56,57). The molecule has 0 bridgehead atoms. The number of anilines is 2. The Balaban J connectivity index is 1.31. The van der Waals surface area contributed by atoms with E-state index in [2.05, 4.69) is 36.3 Å². The third-order valence-corrected chi connectivity index (χ3v) is 10.8. The van der Waals surface area contributed by atoms with Crippen LogP contribution in [0.25, 0.3) is 6.08 Å². The van der Waals surface area contributed by atoms with Gasteiger partial charge in [0.05, 0.1) is 51.0 Å². The molecule has 0 saturated carbocycles. The monoisotopic (exact) mass is 894 g/mol. The second kappa shape index (κ2) is 16.6. The number of ketones is 1. The van der Waals surface area contributed by atoms with Gasteiger partial charge in [-0.3, -0.25) is 39.4 Å². The topological polar surface area (TPSA) is 359 Å². The van der Waals surface area contributed by atoms with Gasteiger partial charge in [-0.15, -0.1) is 10.2 Å². The molecule has 4 aromatic rings. The number of methoxy groups -OCH3 is 1. The third-order valence-electron chi connectivity index (χ3n) is 8.24. The van der Waals surface area contributed by atoms with Crippen LogP contribution < -0.4 is 15.6 Å². The van der Waals surface area contributed by atoms with E-state index >= 15 is 0 Å². The van der Waals surface area contributed by atoms with Crippen molar-refractivity contribution in [2.24, 2.45) is 25.4 Å². The van der Waals surface area contributed by atoms with Crippen molar-refractivity contribution < 1.29 is 63.6 Å². The molecule has 0 fully saturated rings. The first-order chi connectivity index (χ1) is 28.6. The van der Waals surface area contributed by atoms with Crippen LogP contribution >= 0.6 is 0 Å². The lowest BCUT2D eigenvalue weighted by Crippen LogP contribution is -2.27. The number of aromatic hydroxyl groups is 2. The Morgan fingerprint density at radius 1 is 0.705 bits per heavy atom. The summed E-state index contributed by atoms with van der Waals surface area (Å²) in [6, 6.07) is 12.0. The van der Waals surface area contributed by atoms with Gasteiger partial charge >= 0.3 is 0 Å². The zero-order valence-electron chi connectivity index (χ0n) is 30.5. The number of carbonyl (C=O) groups is 1. The van der Waals surface area contributed by atoms with E-state index in [0.717, 1.165) is 42.5 Å². The minimum Gasteiger partial charge on any atom is -0.506 e. The molecule has 0 saturated heterocycles. The summed E-state index contributed by atoms with van der Waals surface area (Å²) < 4.78 is 107. The van der Waals surface area contributed by atoms with E-state index in [9.17, 15) is 64.0 Å². The van der Waals surface area contributed by atoms with Crippen LogP contribution in [0, 0.1) is 10.1 Å². The number of nitro benzene ring substituents is 1. The Kier molecular flexibility index (Phi) is 11.8. The zero-order chi connectivity index (χ0) is 44.4. The number of Topliss-reactive ketones (excluding diaryl/α,β-unsaturated/α-hetero) is 1. The van der Waals surface area contributed by atoms with Gasteiger partial charge in [0.2, 0.25) is 5.78 Å². The smallest absolute Gasteiger partial charge is 0.296 e. The van der Waals surface area contributed by atoms with Gasteiger partial charge in [0, 0.05) is 18.2 Å². The number of fused-ring (bicyclic) bond motifs is 1. The van der Waals surface area contributed by atoms with E-state index in [1.165, 1.54) is 55.7 Å². The molecule has 6 rings (SSSR count). The van der Waals surface area contributed by atoms with Gasteiger partial charge in [-0.25, -0.2) is 4.99 Å². The van der Waals surface area contributed by atoms with Gasteiger partial charge < -0.3 is 14.9 Å². The van der Waals surface area contributed by atoms with Gasteiger partial charge in [-0.1, -0.05) is 0 Å². The number of azo groups is 1. The van der Waals surface area contributed by atoms with Gasteiger partial charge in [0.1, 0.15) is 38.4 Å². The van der Waals surface area contributed by atoms with Crippen molar-refractivity contribution in [2.45, 2.75) is 9.79 Å². The number of hydrogen-bond acceptors (Lipinski definition) is 19. The van der Waals surface area contributed by atoms with Crippen LogP contribution in [-0.4, -0.2) is 84.1 Å². The number of hydrazone groups is 2. The number of carbonyl (C=O) groups excluding carboxylic acids is 1. The van der Waals surface area contributed by atoms with E-state index in [-0.39, 0.29) is 28.5 Å². The molecule has 314 valence electrons. The molecule has 2 aliphatic rings. The molecule has 0 heterocycles. The summed E-state index contributed by atoms with van der Waals surface area (Å²) in [4.78, 5) is 25.5. The molecule has 0 radical (unpaired) electrons. The molecule has 4 aromatic carbocycles. The van der Waals surface area contributed by atoms with Crippen LogP contribution in [0.4, 0.5) is 34.1 Å². The van der Waals surface area contributed by atoms with Crippen molar-refractivity contribution >= 4 is 93.5 Å². The predicted octanol–water partition coefficient (Wildman–Crippen LogP) is 5.48. The quantitative estimate of drug-likeness (QED) is 0.0176. The fourth-order valence-electron chi connectivity index (χ4n) is 5.36. The molecule has 23 nitrogen and oxygen atoms in total. The number of phenols is 2. The van der Waals surface area contributed by atoms with Crippen LogP contribution in [0.15, 0.2) is 131 Å². The van der Waals surface area contributed by atoms with E-state index in [1.807, 2.05) is 0 Å². The van der Waals surface area contributed by atoms with Gasteiger partial charge in [0.25, 0.3) is 36.0 Å². The predicted molar refractivity (Wildman–Crippen MR) is 217 cm³/mol. The highest BCUT2D eigenvalue weighted by Gasteiger charge is 2.36. The highest BCUT2D eigenvalue weighted by Crippen LogP contribution is 2.40. The fraction of sp³-hybridized carbons (Fsp3) is 0.0286. The first-order valence-electron chi connectivity index (χ1n) is 16.5. The van der Waals surface area contributed by atoms with E-state index < -0.39 is 101 Å². The van der Waals surface area contributed by atoms with Crippen molar-refractivity contribution in [3.05, 3.63) is 117 Å². The van der Waals surface area contributed by atoms with Crippen LogP contribution in [0.1, 0.15) is 15.9 Å². The number of ether oxygens (including phenoxy) is 1. The highest BCUT2D eigenvalue weighted by molar-refractivity contribution is 7.91. The largest absolute Gasteiger partial charge is 0.506 e. The molecule has 0 spiro atoms. The molecule has 7 N–H and O–H groups in total. The number of non-ortho nitro benzene ring substituents is 1. The van der Waals surface area contributed by atoms with Crippen LogP contribution in [0.2, 0.25) is 0 Å². The van der Waals surface area contributed by atoms with Crippen molar-refractivity contribution in [2.75, 3.05) is 18.0 Å². The van der Waals surface area contributed by atoms with Crippen molar-refractivity contribution in [3.8, 4) is 17.2 Å². The summed E-state index contributed by atoms with van der Waals surface area (Å²) in [7, 11) is -13.7. The molecule has 2 aliphatic carbocycles. The molecule has 0 aromatic heterocycles. The van der Waals surface area contributed by atoms with Gasteiger partial charge in [0.15, 0.2) is 5.71 Å². The lowest BCUT2D eigenvalue weighted by molar-refractivity contribution is -0.385. The summed E-state index contributed by atoms with van der Waals surface area (Å²) in [5.74, 6) is -1.97. The second-order valence-corrected chi connectivity index (χ2v) is 16.5. The van der Waals surface area contributed by atoms with Crippen LogP contribution in [0.3, 0.4) is 0 Å². The number of nitrogens with zero attached hydrogens (tertiary/aromatic N) is 6. The summed E-state index contributed by atoms with van der Waals surface area (Å²) in [5, 5.41) is 47.9. The molecule has 26 heteroatoms. The Morgan fingerprint density at radius 2 is 1.36 bits per heavy atom. The zero-order valence-corrected chi connectivity index (χ0v) is 32.9. The van der Waals surface area contributed by atoms with Crippen LogP contribution in [-0.2, 0) is 30.4 Å². The second-order valence-electron chi connectivity index (χ2n) is 12.3. The maximum absolute atomic E-state index is 13.9. The Hall–Kier alpha value is -7.49. The Morgan fingerprint density at radius 3 is 1.97 bits per heavy atom. The molecule has 0 unspecified atom stereocenters. The van der Waals surface area contributed by atoms with Crippen molar-refractivity contribution in [1.29, 1.82) is 0 Å². The third kappa shape index (κ3) is 9.87. The fourth-order valence-corrected chi connectivity index (χ4v) is 7.21. The number of nitrogens with one attached hydrogen (secondary N) is 2. The minimum atomic E-state index is -5.19. The Labute approximate surface area is 343 Å². The first-order valence-corrected chi connectivity index (χ1v) is 20.8. The normalized spacial score (nSPS) is 14.8. The number of aliphatic imine (C=N–C) groups is 1. The van der Waals surface area contributed by atoms with E-state index in [0.29, 0.717) is 11.8 Å². The molecule has 0 amide bonds. The van der Waals surface area contributed by atoms with Crippen molar-refractivity contribution in [3.63, 3.8) is 0 Å². The maximum atomic E-state index is 13.9. The highest BCUT2D eigenvalue weighted by atomic mass is 32.2. The summed E-state index contributed by atoms with van der Waals surface area (Å²) in [5.41, 5.74) is 1.78. The summed E-state index contributed by atoms with van der Waals surface area (Å²) in [6.45, 7) is 0. The van der Waals surface area contributed by atoms with Gasteiger partial charge in [-0.05, 0) is 84.5 Å². The molecular weight excluding hydrogens is 869 g/mol. The molecule has 0 aliphatic heterocycles. The lowest BCUT2D eigenvalue weighted by atomic mass is 9.93. The van der Waals surface area contributed by atoms with E-state index in [4.69, 9.17) is 4.74 Å². The number of hydrogen-bond donors (Lipinski definition) is 7. The summed E-state index contributed by atoms with van der Waals surface area (Å²) >= 11 is 0. The Bertz CT molecular complexity index is 3090. The summed E-state index contributed by atoms with van der Waals surface area (Å²) in [6.07, 6.45) is 6.23. The van der Waals surface area contributed by atoms with E-state index in [1.54, 1.807) is 0 Å². The first kappa shape index (κ1) is 43.1. The average Bonchev–Trinajstić information content (AvgIpc) is 3.19. The average molecular weight is 895 g/mol. The number of nitro groups is 1. The number of rotatable bonds is 12. The lowest BCUT2D eigenvalue weighted by Gasteiger charge is -2.18. The molecule has 61 heavy (non-hydrogen) atoms. The number of benzene rings is 4. The number of phenolic OH excluding ortho intramolecular Hbond substituents is 2. The maximum Gasteiger partial charge on any atom is 0.296 e. The van der Waals surface area contributed by atoms with Gasteiger partial charge in [-0.2, -0.15) is 35.5 Å². The SMILES string of the molecule is COc1ccc(NN=C2C(=O)c3c(cc(S(=O)(=O)O)cc3N=Nc3cc(NN=C4C=CC(=Nc5ccc([N+](=O)[O-])cc5S(=O)(=O)O)C=C4)c(O)cc3O)C=C2S(=O)(=O)O)cc1. The van der Waals surface area contributed by atoms with Crippen molar-refractivity contribution in [1.82, 2.24) is 0 Å².